The number of pyridine rings is 2. The van der Waals surface area contributed by atoms with Gasteiger partial charge in [0.05, 0.1) is 12.2 Å². The zero-order valence-corrected chi connectivity index (χ0v) is 22.9. The molecule has 3 aromatic heterocycles. The van der Waals surface area contributed by atoms with E-state index in [-0.39, 0.29) is 11.6 Å². The normalized spacial score (nSPS) is 16.7. The standard InChI is InChI=1S/C35H29F2N5/c36-28-10-6-25(7-11-28)32-31-22-42(21-30-19-24(20-39-30)18-23-4-2-1-3-5-23)41-35(31)40-34(27-8-12-29(37)13-9-27)33(32)26-14-16-38-17-15-26/h1-17,22,24,30,39H,18-21H2. The van der Waals surface area contributed by atoms with Crippen LogP contribution in [0.3, 0.4) is 0 Å². The van der Waals surface area contributed by atoms with Crippen molar-refractivity contribution >= 4 is 11.0 Å². The smallest absolute Gasteiger partial charge is 0.182 e. The number of fused-ring (bicyclic) bond motifs is 1. The van der Waals surface area contributed by atoms with Crippen LogP contribution in [0.15, 0.2) is 110 Å². The van der Waals surface area contributed by atoms with E-state index in [1.54, 1.807) is 36.7 Å². The lowest BCUT2D eigenvalue weighted by molar-refractivity contribution is 0.464. The van der Waals surface area contributed by atoms with Gasteiger partial charge in [-0.25, -0.2) is 13.8 Å². The van der Waals surface area contributed by atoms with Crippen LogP contribution in [0.2, 0.25) is 0 Å². The fourth-order valence-electron chi connectivity index (χ4n) is 6.08. The summed E-state index contributed by atoms with van der Waals surface area (Å²) in [5, 5.41) is 9.49. The topological polar surface area (TPSA) is 55.6 Å². The maximum Gasteiger partial charge on any atom is 0.182 e. The second-order valence-corrected chi connectivity index (χ2v) is 10.9. The molecule has 42 heavy (non-hydrogen) atoms. The second-order valence-electron chi connectivity index (χ2n) is 10.9. The van der Waals surface area contributed by atoms with Crippen molar-refractivity contribution in [1.82, 2.24) is 25.1 Å². The number of benzene rings is 3. The van der Waals surface area contributed by atoms with Gasteiger partial charge in [0.15, 0.2) is 5.65 Å². The lowest BCUT2D eigenvalue weighted by Crippen LogP contribution is -2.26. The SMILES string of the molecule is Fc1ccc(-c2nc3nn(CC4CC(Cc5ccccc5)CN4)cc3c(-c3ccc(F)cc3)c2-c2ccncc2)cc1. The third-order valence-corrected chi connectivity index (χ3v) is 8.02. The molecule has 1 fully saturated rings. The largest absolute Gasteiger partial charge is 0.312 e. The first-order chi connectivity index (χ1) is 20.6. The molecule has 0 bridgehead atoms. The molecule has 4 heterocycles. The molecule has 0 spiro atoms. The lowest BCUT2D eigenvalue weighted by Gasteiger charge is -2.16. The predicted octanol–water partition coefficient (Wildman–Crippen LogP) is 7.33. The van der Waals surface area contributed by atoms with Crippen LogP contribution in [0.4, 0.5) is 8.78 Å². The van der Waals surface area contributed by atoms with Crippen LogP contribution in [0.25, 0.3) is 44.5 Å². The summed E-state index contributed by atoms with van der Waals surface area (Å²) in [6.07, 6.45) is 7.64. The Labute approximate surface area is 242 Å². The van der Waals surface area contributed by atoms with E-state index < -0.39 is 0 Å². The van der Waals surface area contributed by atoms with E-state index in [1.807, 2.05) is 23.0 Å². The van der Waals surface area contributed by atoms with Crippen molar-refractivity contribution in [3.8, 4) is 33.5 Å². The van der Waals surface area contributed by atoms with Crippen LogP contribution >= 0.6 is 0 Å². The van der Waals surface area contributed by atoms with Crippen molar-refractivity contribution < 1.29 is 8.78 Å². The maximum atomic E-state index is 14.0. The summed E-state index contributed by atoms with van der Waals surface area (Å²) in [5.41, 5.74) is 6.92. The molecule has 1 saturated heterocycles. The van der Waals surface area contributed by atoms with E-state index in [4.69, 9.17) is 10.1 Å². The van der Waals surface area contributed by atoms with Crippen molar-refractivity contribution in [2.75, 3.05) is 6.54 Å². The van der Waals surface area contributed by atoms with Gasteiger partial charge in [0.25, 0.3) is 0 Å². The van der Waals surface area contributed by atoms with Gasteiger partial charge in [0.1, 0.15) is 11.6 Å². The molecule has 1 aliphatic heterocycles. The first-order valence-corrected chi connectivity index (χ1v) is 14.2. The molecule has 3 aromatic carbocycles. The molecule has 0 amide bonds. The highest BCUT2D eigenvalue weighted by molar-refractivity contribution is 6.05. The van der Waals surface area contributed by atoms with E-state index in [0.29, 0.717) is 29.8 Å². The summed E-state index contributed by atoms with van der Waals surface area (Å²) >= 11 is 0. The highest BCUT2D eigenvalue weighted by Gasteiger charge is 2.26. The van der Waals surface area contributed by atoms with Crippen molar-refractivity contribution in [2.45, 2.75) is 25.4 Å². The summed E-state index contributed by atoms with van der Waals surface area (Å²) in [4.78, 5) is 9.26. The molecule has 0 saturated carbocycles. The molecule has 2 unspecified atom stereocenters. The summed E-state index contributed by atoms with van der Waals surface area (Å²) in [7, 11) is 0. The minimum atomic E-state index is -0.317. The number of hydrogen-bond donors (Lipinski definition) is 1. The van der Waals surface area contributed by atoms with Gasteiger partial charge in [-0.1, -0.05) is 42.5 Å². The van der Waals surface area contributed by atoms with Crippen molar-refractivity contribution in [3.05, 3.63) is 127 Å². The Kier molecular flexibility index (Phi) is 7.01. The van der Waals surface area contributed by atoms with E-state index in [9.17, 15) is 8.78 Å². The molecule has 208 valence electrons. The highest BCUT2D eigenvalue weighted by atomic mass is 19.1. The summed E-state index contributed by atoms with van der Waals surface area (Å²) < 4.78 is 29.9. The predicted molar refractivity (Wildman–Crippen MR) is 162 cm³/mol. The number of hydrogen-bond acceptors (Lipinski definition) is 4. The molecule has 0 radical (unpaired) electrons. The molecule has 1 aliphatic rings. The van der Waals surface area contributed by atoms with Crippen LogP contribution in [-0.4, -0.2) is 32.3 Å². The Morgan fingerprint density at radius 3 is 2.14 bits per heavy atom. The minimum Gasteiger partial charge on any atom is -0.312 e. The quantitative estimate of drug-likeness (QED) is 0.223. The minimum absolute atomic E-state index is 0.290. The summed E-state index contributed by atoms with van der Waals surface area (Å²) in [5.74, 6) is -0.0528. The monoisotopic (exact) mass is 557 g/mol. The molecule has 7 heteroatoms. The Morgan fingerprint density at radius 1 is 0.762 bits per heavy atom. The van der Waals surface area contributed by atoms with Gasteiger partial charge < -0.3 is 5.32 Å². The van der Waals surface area contributed by atoms with Gasteiger partial charge in [0, 0.05) is 46.7 Å². The van der Waals surface area contributed by atoms with Gasteiger partial charge in [-0.05, 0) is 90.5 Å². The molecular weight excluding hydrogens is 528 g/mol. The zero-order valence-electron chi connectivity index (χ0n) is 22.9. The Hall–Kier alpha value is -4.75. The molecule has 6 aromatic rings. The third-order valence-electron chi connectivity index (χ3n) is 8.02. The molecule has 0 aliphatic carbocycles. The van der Waals surface area contributed by atoms with E-state index in [2.05, 4.69) is 40.6 Å². The van der Waals surface area contributed by atoms with Gasteiger partial charge >= 0.3 is 0 Å². The first-order valence-electron chi connectivity index (χ1n) is 14.2. The van der Waals surface area contributed by atoms with Gasteiger partial charge in [-0.3, -0.25) is 9.67 Å². The van der Waals surface area contributed by atoms with Crippen LogP contribution in [0.1, 0.15) is 12.0 Å². The van der Waals surface area contributed by atoms with Crippen LogP contribution in [0, 0.1) is 17.6 Å². The number of nitrogens with one attached hydrogen (secondary N) is 1. The van der Waals surface area contributed by atoms with Crippen molar-refractivity contribution in [2.24, 2.45) is 5.92 Å². The molecule has 1 N–H and O–H groups in total. The van der Waals surface area contributed by atoms with E-state index >= 15 is 0 Å². The van der Waals surface area contributed by atoms with Crippen LogP contribution < -0.4 is 5.32 Å². The zero-order chi connectivity index (χ0) is 28.5. The number of nitrogens with zero attached hydrogens (tertiary/aromatic N) is 4. The molecular formula is C35H29F2N5. The number of rotatable bonds is 7. The Balaban J connectivity index is 1.32. The Morgan fingerprint density at radius 2 is 1.43 bits per heavy atom. The first kappa shape index (κ1) is 26.2. The average Bonchev–Trinajstić information content (AvgIpc) is 3.64. The van der Waals surface area contributed by atoms with Crippen molar-refractivity contribution in [1.29, 1.82) is 0 Å². The molecule has 7 rings (SSSR count). The second kappa shape index (κ2) is 11.3. The maximum absolute atomic E-state index is 14.0. The van der Waals surface area contributed by atoms with Gasteiger partial charge in [-0.2, -0.15) is 5.10 Å². The number of halogens is 2. The van der Waals surface area contributed by atoms with Gasteiger partial charge in [-0.15, -0.1) is 0 Å². The highest BCUT2D eigenvalue weighted by Crippen LogP contribution is 2.43. The van der Waals surface area contributed by atoms with Crippen LogP contribution in [-0.2, 0) is 13.0 Å². The average molecular weight is 558 g/mol. The summed E-state index contributed by atoms with van der Waals surface area (Å²) in [6.45, 7) is 1.68. The van der Waals surface area contributed by atoms with E-state index in [0.717, 1.165) is 52.6 Å². The van der Waals surface area contributed by atoms with Gasteiger partial charge in [0.2, 0.25) is 0 Å². The molecule has 5 nitrogen and oxygen atoms in total. The van der Waals surface area contributed by atoms with Crippen LogP contribution in [0.5, 0.6) is 0 Å². The van der Waals surface area contributed by atoms with E-state index in [1.165, 1.54) is 29.8 Å². The summed E-state index contributed by atoms with van der Waals surface area (Å²) in [6, 6.07) is 27.6. The molecule has 2 atom stereocenters. The third kappa shape index (κ3) is 5.31. The fraction of sp³-hybridized carbons (Fsp3) is 0.171. The Bertz CT molecular complexity index is 1820. The number of aromatic nitrogens is 4. The lowest BCUT2D eigenvalue weighted by atomic mass is 9.90. The van der Waals surface area contributed by atoms with Crippen molar-refractivity contribution in [3.63, 3.8) is 0 Å². The fourth-order valence-corrected chi connectivity index (χ4v) is 6.08.